The second kappa shape index (κ2) is 7.65. The van der Waals surface area contributed by atoms with Gasteiger partial charge in [0.05, 0.1) is 0 Å². The smallest absolute Gasteiger partial charge is 0.258 e. The van der Waals surface area contributed by atoms with Crippen molar-refractivity contribution in [3.63, 3.8) is 0 Å². The molecule has 1 aromatic heterocycles. The van der Waals surface area contributed by atoms with Crippen molar-refractivity contribution in [1.82, 2.24) is 9.97 Å². The largest absolute Gasteiger partial charge is 0.383 e. The van der Waals surface area contributed by atoms with Crippen LogP contribution in [0, 0.1) is 13.8 Å². The van der Waals surface area contributed by atoms with Gasteiger partial charge in [0.15, 0.2) is 0 Å². The van der Waals surface area contributed by atoms with Crippen LogP contribution in [0.5, 0.6) is 0 Å². The minimum absolute atomic E-state index is 0.0149. The molecule has 0 saturated heterocycles. The van der Waals surface area contributed by atoms with Gasteiger partial charge in [-0.05, 0) is 38.1 Å². The van der Waals surface area contributed by atoms with Gasteiger partial charge in [-0.1, -0.05) is 35.4 Å². The summed E-state index contributed by atoms with van der Waals surface area (Å²) in [5, 5.41) is 5.26. The van der Waals surface area contributed by atoms with Gasteiger partial charge in [0.2, 0.25) is 5.95 Å². The normalized spacial score (nSPS) is 10.3. The van der Waals surface area contributed by atoms with E-state index in [0.29, 0.717) is 11.1 Å². The number of aromatic nitrogens is 2. The van der Waals surface area contributed by atoms with Gasteiger partial charge in [0.25, 0.3) is 11.8 Å². The molecule has 0 aliphatic rings. The fourth-order valence-electron chi connectivity index (χ4n) is 2.52. The zero-order valence-electron chi connectivity index (χ0n) is 15.0. The molecule has 0 unspecified atom stereocenters. The lowest BCUT2D eigenvalue weighted by atomic mass is 10.1. The molecule has 2 amide bonds. The first kappa shape index (κ1) is 18.1. The van der Waals surface area contributed by atoms with Crippen molar-refractivity contribution in [2.24, 2.45) is 0 Å². The van der Waals surface area contributed by atoms with E-state index < -0.39 is 0 Å². The molecule has 0 aliphatic carbocycles. The number of hydrogen-bond donors (Lipinski definition) is 3. The Morgan fingerprint density at radius 3 is 1.93 bits per heavy atom. The van der Waals surface area contributed by atoms with Crippen LogP contribution in [0.25, 0.3) is 0 Å². The third-order valence-corrected chi connectivity index (χ3v) is 3.77. The van der Waals surface area contributed by atoms with E-state index in [1.807, 2.05) is 26.0 Å². The highest BCUT2D eigenvalue weighted by Crippen LogP contribution is 2.15. The maximum Gasteiger partial charge on any atom is 0.258 e. The fourth-order valence-corrected chi connectivity index (χ4v) is 2.52. The maximum atomic E-state index is 12.4. The molecule has 0 radical (unpaired) electrons. The number of nitrogens with two attached hydrogens (primary N) is 1. The Morgan fingerprint density at radius 2 is 1.37 bits per heavy atom. The highest BCUT2D eigenvalue weighted by molar-refractivity contribution is 6.05. The standard InChI is InChI=1S/C20H19N5O2/c1-12-5-3-7-14(9-12)18(26)23-17-11-16(21)22-20(24-17)25-19(27)15-8-4-6-13(2)10-15/h3-11H,1-2H3,(H4,21,22,23,24,25,26,27). The second-order valence-corrected chi connectivity index (χ2v) is 6.15. The van der Waals surface area contributed by atoms with Crippen LogP contribution in [-0.2, 0) is 0 Å². The molecule has 0 aliphatic heterocycles. The molecule has 0 atom stereocenters. The summed E-state index contributed by atoms with van der Waals surface area (Å²) in [4.78, 5) is 32.9. The number of aryl methyl sites for hydroxylation is 2. The summed E-state index contributed by atoms with van der Waals surface area (Å²) in [6, 6.07) is 15.7. The summed E-state index contributed by atoms with van der Waals surface area (Å²) in [6.45, 7) is 3.80. The molecule has 0 saturated carbocycles. The number of anilines is 3. The number of benzene rings is 2. The van der Waals surface area contributed by atoms with Crippen LogP contribution in [-0.4, -0.2) is 21.8 Å². The first-order valence-corrected chi connectivity index (χ1v) is 8.31. The Balaban J connectivity index is 1.78. The van der Waals surface area contributed by atoms with E-state index in [1.54, 1.807) is 36.4 Å². The van der Waals surface area contributed by atoms with Crippen LogP contribution in [0.15, 0.2) is 54.6 Å². The van der Waals surface area contributed by atoms with Crippen LogP contribution in [0.4, 0.5) is 17.6 Å². The molecule has 2 aromatic carbocycles. The van der Waals surface area contributed by atoms with E-state index in [2.05, 4.69) is 20.6 Å². The van der Waals surface area contributed by atoms with Crippen molar-refractivity contribution in [2.45, 2.75) is 13.8 Å². The lowest BCUT2D eigenvalue weighted by Crippen LogP contribution is -2.17. The van der Waals surface area contributed by atoms with Crippen LogP contribution in [0.3, 0.4) is 0 Å². The number of nitrogen functional groups attached to an aromatic ring is 1. The minimum Gasteiger partial charge on any atom is -0.383 e. The fraction of sp³-hybridized carbons (Fsp3) is 0.100. The Kier molecular flexibility index (Phi) is 5.12. The third-order valence-electron chi connectivity index (χ3n) is 3.77. The summed E-state index contributed by atoms with van der Waals surface area (Å²) < 4.78 is 0. The summed E-state index contributed by atoms with van der Waals surface area (Å²) in [7, 11) is 0. The van der Waals surface area contributed by atoms with Gasteiger partial charge < -0.3 is 11.1 Å². The molecule has 0 fully saturated rings. The number of rotatable bonds is 4. The average Bonchev–Trinajstić information content (AvgIpc) is 2.61. The van der Waals surface area contributed by atoms with Crippen LogP contribution in [0.2, 0.25) is 0 Å². The van der Waals surface area contributed by atoms with Gasteiger partial charge in [-0.15, -0.1) is 0 Å². The number of carbonyl (C=O) groups is 2. The molecule has 136 valence electrons. The second-order valence-electron chi connectivity index (χ2n) is 6.15. The number of nitrogens with zero attached hydrogens (tertiary/aromatic N) is 2. The Bertz CT molecular complexity index is 939. The van der Waals surface area contributed by atoms with Gasteiger partial charge >= 0.3 is 0 Å². The van der Waals surface area contributed by atoms with Crippen molar-refractivity contribution in [2.75, 3.05) is 16.4 Å². The van der Waals surface area contributed by atoms with Crippen molar-refractivity contribution in [1.29, 1.82) is 0 Å². The summed E-state index contributed by atoms with van der Waals surface area (Å²) >= 11 is 0. The molecule has 7 nitrogen and oxygen atoms in total. The average molecular weight is 361 g/mol. The van der Waals surface area contributed by atoms with Crippen molar-refractivity contribution >= 4 is 29.4 Å². The van der Waals surface area contributed by atoms with Gasteiger partial charge in [-0.25, -0.2) is 0 Å². The van der Waals surface area contributed by atoms with Crippen molar-refractivity contribution in [3.05, 3.63) is 76.9 Å². The first-order valence-electron chi connectivity index (χ1n) is 8.31. The number of hydrogen-bond acceptors (Lipinski definition) is 5. The lowest BCUT2D eigenvalue weighted by Gasteiger charge is -2.09. The van der Waals surface area contributed by atoms with E-state index in [0.717, 1.165) is 11.1 Å². The van der Waals surface area contributed by atoms with E-state index >= 15 is 0 Å². The zero-order chi connectivity index (χ0) is 19.4. The predicted molar refractivity (Wildman–Crippen MR) is 105 cm³/mol. The molecule has 0 bridgehead atoms. The zero-order valence-corrected chi connectivity index (χ0v) is 15.0. The van der Waals surface area contributed by atoms with Gasteiger partial charge in [-0.2, -0.15) is 9.97 Å². The predicted octanol–water partition coefficient (Wildman–Crippen LogP) is 3.18. The molecule has 7 heteroatoms. The molecule has 0 spiro atoms. The van der Waals surface area contributed by atoms with Crippen LogP contribution in [0.1, 0.15) is 31.8 Å². The highest BCUT2D eigenvalue weighted by atomic mass is 16.2. The molecular formula is C20H19N5O2. The minimum atomic E-state index is -0.361. The van der Waals surface area contributed by atoms with E-state index in [-0.39, 0.29) is 29.4 Å². The Morgan fingerprint density at radius 1 is 0.815 bits per heavy atom. The Hall–Kier alpha value is -3.74. The number of nitrogens with one attached hydrogen (secondary N) is 2. The third kappa shape index (κ3) is 4.66. The molecule has 27 heavy (non-hydrogen) atoms. The monoisotopic (exact) mass is 361 g/mol. The summed E-state index contributed by atoms with van der Waals surface area (Å²) in [6.07, 6.45) is 0. The molecule has 3 aromatic rings. The molecule has 4 N–H and O–H groups in total. The van der Waals surface area contributed by atoms with Gasteiger partial charge in [0, 0.05) is 17.2 Å². The summed E-state index contributed by atoms with van der Waals surface area (Å²) in [5.74, 6) is -0.341. The maximum absolute atomic E-state index is 12.4. The SMILES string of the molecule is Cc1cccc(C(=O)Nc2cc(N)nc(NC(=O)c3cccc(C)c3)n2)c1. The first-order chi connectivity index (χ1) is 12.9. The van der Waals surface area contributed by atoms with Gasteiger partial charge in [0.1, 0.15) is 11.6 Å². The van der Waals surface area contributed by atoms with E-state index in [4.69, 9.17) is 5.73 Å². The van der Waals surface area contributed by atoms with Crippen LogP contribution >= 0.6 is 0 Å². The number of carbonyl (C=O) groups excluding carboxylic acids is 2. The lowest BCUT2D eigenvalue weighted by molar-refractivity contribution is 0.101. The molecular weight excluding hydrogens is 342 g/mol. The van der Waals surface area contributed by atoms with Crippen LogP contribution < -0.4 is 16.4 Å². The Labute approximate surface area is 156 Å². The highest BCUT2D eigenvalue weighted by Gasteiger charge is 2.12. The van der Waals surface area contributed by atoms with E-state index in [1.165, 1.54) is 6.07 Å². The molecule has 1 heterocycles. The van der Waals surface area contributed by atoms with Gasteiger partial charge in [-0.3, -0.25) is 14.9 Å². The van der Waals surface area contributed by atoms with Crippen molar-refractivity contribution < 1.29 is 9.59 Å². The quantitative estimate of drug-likeness (QED) is 0.661. The summed E-state index contributed by atoms with van der Waals surface area (Å²) in [5.41, 5.74) is 8.69. The topological polar surface area (TPSA) is 110 Å². The molecule has 3 rings (SSSR count). The number of amides is 2. The van der Waals surface area contributed by atoms with Crippen molar-refractivity contribution in [3.8, 4) is 0 Å². The van der Waals surface area contributed by atoms with E-state index in [9.17, 15) is 9.59 Å².